The average Bonchev–Trinajstić information content (AvgIpc) is 2.73. The van der Waals surface area contributed by atoms with E-state index < -0.39 is 0 Å². The fourth-order valence-electron chi connectivity index (χ4n) is 2.17. The van der Waals surface area contributed by atoms with Crippen LogP contribution >= 0.6 is 0 Å². The summed E-state index contributed by atoms with van der Waals surface area (Å²) in [5.74, 6) is 0.549. The van der Waals surface area contributed by atoms with Crippen molar-refractivity contribution in [3.63, 3.8) is 0 Å². The Morgan fingerprint density at radius 2 is 1.79 bits per heavy atom. The SMILES string of the molecule is O=CCn1c(=O)n(-c2ccccn2)c2ccccc21. The van der Waals surface area contributed by atoms with Crippen LogP contribution in [0.25, 0.3) is 16.9 Å². The smallest absolute Gasteiger partial charge is 0.301 e. The molecule has 2 aromatic heterocycles. The second kappa shape index (κ2) is 4.53. The molecule has 0 amide bonds. The van der Waals surface area contributed by atoms with Crippen LogP contribution in [0.1, 0.15) is 0 Å². The van der Waals surface area contributed by atoms with E-state index in [4.69, 9.17) is 0 Å². The minimum Gasteiger partial charge on any atom is -0.301 e. The number of benzene rings is 1. The van der Waals surface area contributed by atoms with Crippen LogP contribution in [0, 0.1) is 0 Å². The van der Waals surface area contributed by atoms with Crippen LogP contribution in [0.2, 0.25) is 0 Å². The minimum atomic E-state index is -0.257. The molecule has 5 nitrogen and oxygen atoms in total. The molecule has 94 valence electrons. The van der Waals surface area contributed by atoms with Gasteiger partial charge in [0, 0.05) is 6.20 Å². The maximum absolute atomic E-state index is 12.4. The van der Waals surface area contributed by atoms with E-state index in [1.54, 1.807) is 18.3 Å². The summed E-state index contributed by atoms with van der Waals surface area (Å²) in [6.07, 6.45) is 2.35. The molecule has 0 saturated heterocycles. The second-order valence-electron chi connectivity index (χ2n) is 4.07. The van der Waals surface area contributed by atoms with E-state index in [1.165, 1.54) is 9.13 Å². The van der Waals surface area contributed by atoms with E-state index in [0.29, 0.717) is 5.82 Å². The lowest BCUT2D eigenvalue weighted by molar-refractivity contribution is -0.108. The summed E-state index contributed by atoms with van der Waals surface area (Å²) in [6.45, 7) is 0.0409. The van der Waals surface area contributed by atoms with E-state index in [2.05, 4.69) is 4.98 Å². The van der Waals surface area contributed by atoms with Crippen LogP contribution in [0.4, 0.5) is 0 Å². The minimum absolute atomic E-state index is 0.0409. The lowest BCUT2D eigenvalue weighted by atomic mass is 10.3. The van der Waals surface area contributed by atoms with Crippen LogP contribution < -0.4 is 5.69 Å². The van der Waals surface area contributed by atoms with Gasteiger partial charge in [-0.15, -0.1) is 0 Å². The molecular weight excluding hydrogens is 242 g/mol. The molecule has 0 spiro atoms. The Morgan fingerprint density at radius 1 is 1.05 bits per heavy atom. The Kier molecular flexibility index (Phi) is 2.72. The molecular formula is C14H11N3O2. The summed E-state index contributed by atoms with van der Waals surface area (Å²) in [7, 11) is 0. The predicted octanol–water partition coefficient (Wildman–Crippen LogP) is 1.39. The Morgan fingerprint density at radius 3 is 2.47 bits per heavy atom. The highest BCUT2D eigenvalue weighted by molar-refractivity contribution is 5.78. The number of rotatable bonds is 3. The number of aromatic nitrogens is 3. The van der Waals surface area contributed by atoms with Crippen LogP contribution in [0.15, 0.2) is 53.5 Å². The van der Waals surface area contributed by atoms with Crippen LogP contribution in [-0.2, 0) is 11.3 Å². The van der Waals surface area contributed by atoms with Gasteiger partial charge >= 0.3 is 5.69 Å². The molecule has 19 heavy (non-hydrogen) atoms. The van der Waals surface area contributed by atoms with Crippen molar-refractivity contribution in [2.45, 2.75) is 6.54 Å². The summed E-state index contributed by atoms with van der Waals surface area (Å²) in [4.78, 5) is 27.3. The third-order valence-corrected chi connectivity index (χ3v) is 2.97. The first-order chi connectivity index (χ1) is 9.33. The first-order valence-electron chi connectivity index (χ1n) is 5.88. The van der Waals surface area contributed by atoms with Gasteiger partial charge in [-0.05, 0) is 24.3 Å². The number of hydrogen-bond acceptors (Lipinski definition) is 3. The van der Waals surface area contributed by atoms with E-state index in [-0.39, 0.29) is 12.2 Å². The van der Waals surface area contributed by atoms with Gasteiger partial charge in [0.2, 0.25) is 0 Å². The Balaban J connectivity index is 2.40. The number of hydrogen-bond donors (Lipinski definition) is 0. The fraction of sp³-hybridized carbons (Fsp3) is 0.0714. The monoisotopic (exact) mass is 253 g/mol. The van der Waals surface area contributed by atoms with E-state index in [1.807, 2.05) is 30.3 Å². The first-order valence-corrected chi connectivity index (χ1v) is 5.88. The molecule has 0 radical (unpaired) electrons. The second-order valence-corrected chi connectivity index (χ2v) is 4.07. The maximum atomic E-state index is 12.4. The van der Waals surface area contributed by atoms with Crippen molar-refractivity contribution in [1.29, 1.82) is 0 Å². The molecule has 0 atom stereocenters. The molecule has 0 unspecified atom stereocenters. The molecule has 1 aromatic carbocycles. The molecule has 3 aromatic rings. The molecule has 5 heteroatoms. The number of aldehydes is 1. The Labute approximate surface area is 108 Å². The maximum Gasteiger partial charge on any atom is 0.335 e. The fourth-order valence-corrected chi connectivity index (χ4v) is 2.17. The standard InChI is InChI=1S/C14H11N3O2/c18-10-9-16-11-5-1-2-6-12(11)17(14(16)19)13-7-3-4-8-15-13/h1-8,10H,9H2. The normalized spacial score (nSPS) is 10.7. The zero-order valence-electron chi connectivity index (χ0n) is 10.1. The number of fused-ring (bicyclic) bond motifs is 1. The van der Waals surface area contributed by atoms with Crippen molar-refractivity contribution in [2.24, 2.45) is 0 Å². The van der Waals surface area contributed by atoms with Gasteiger partial charge in [0.1, 0.15) is 12.1 Å². The van der Waals surface area contributed by atoms with Gasteiger partial charge in [0.15, 0.2) is 0 Å². The summed E-state index contributed by atoms with van der Waals surface area (Å²) in [5.41, 5.74) is 1.21. The highest BCUT2D eigenvalue weighted by Gasteiger charge is 2.13. The molecule has 2 heterocycles. The first kappa shape index (κ1) is 11.4. The highest BCUT2D eigenvalue weighted by Crippen LogP contribution is 2.15. The summed E-state index contributed by atoms with van der Waals surface area (Å²) >= 11 is 0. The third kappa shape index (κ3) is 1.76. The van der Waals surface area contributed by atoms with Gasteiger partial charge in [-0.25, -0.2) is 14.3 Å². The molecule has 0 N–H and O–H groups in total. The lowest BCUT2D eigenvalue weighted by Crippen LogP contribution is -2.24. The zero-order chi connectivity index (χ0) is 13.2. The zero-order valence-corrected chi connectivity index (χ0v) is 10.1. The van der Waals surface area contributed by atoms with Crippen molar-refractivity contribution in [1.82, 2.24) is 14.1 Å². The lowest BCUT2D eigenvalue weighted by Gasteiger charge is -2.00. The average molecular weight is 253 g/mol. The summed E-state index contributed by atoms with van der Waals surface area (Å²) < 4.78 is 2.95. The Bertz CT molecular complexity index is 787. The van der Waals surface area contributed by atoms with Crippen LogP contribution in [0.3, 0.4) is 0 Å². The van der Waals surface area contributed by atoms with Gasteiger partial charge < -0.3 is 4.79 Å². The van der Waals surface area contributed by atoms with E-state index >= 15 is 0 Å². The molecule has 0 aliphatic rings. The quantitative estimate of drug-likeness (QED) is 0.663. The molecule has 0 bridgehead atoms. The molecule has 0 saturated carbocycles. The van der Waals surface area contributed by atoms with Crippen molar-refractivity contribution in [2.75, 3.05) is 0 Å². The van der Waals surface area contributed by atoms with E-state index in [0.717, 1.165) is 17.3 Å². The molecule has 0 aliphatic heterocycles. The molecule has 0 aliphatic carbocycles. The predicted molar refractivity (Wildman–Crippen MR) is 71.4 cm³/mol. The number of carbonyl (C=O) groups excluding carboxylic acids is 1. The molecule has 0 fully saturated rings. The topological polar surface area (TPSA) is 56.9 Å². The van der Waals surface area contributed by atoms with Gasteiger partial charge in [-0.3, -0.25) is 4.57 Å². The number of imidazole rings is 1. The van der Waals surface area contributed by atoms with Crippen molar-refractivity contribution in [3.05, 3.63) is 59.1 Å². The van der Waals surface area contributed by atoms with Gasteiger partial charge in [-0.2, -0.15) is 0 Å². The number of para-hydroxylation sites is 2. The highest BCUT2D eigenvalue weighted by atomic mass is 16.2. The van der Waals surface area contributed by atoms with Crippen LogP contribution in [0.5, 0.6) is 0 Å². The van der Waals surface area contributed by atoms with E-state index in [9.17, 15) is 9.59 Å². The Hall–Kier alpha value is -2.69. The molecule has 3 rings (SSSR count). The number of pyridine rings is 1. The van der Waals surface area contributed by atoms with Crippen LogP contribution in [-0.4, -0.2) is 20.4 Å². The van der Waals surface area contributed by atoms with Crippen molar-refractivity contribution >= 4 is 17.3 Å². The van der Waals surface area contributed by atoms with Crippen molar-refractivity contribution in [3.8, 4) is 5.82 Å². The van der Waals surface area contributed by atoms with Gasteiger partial charge in [-0.1, -0.05) is 18.2 Å². The number of nitrogens with zero attached hydrogens (tertiary/aromatic N) is 3. The third-order valence-electron chi connectivity index (χ3n) is 2.97. The van der Waals surface area contributed by atoms with Crippen molar-refractivity contribution < 1.29 is 4.79 Å². The summed E-state index contributed by atoms with van der Waals surface area (Å²) in [6, 6.07) is 12.7. The number of carbonyl (C=O) groups is 1. The van der Waals surface area contributed by atoms with Gasteiger partial charge in [0.25, 0.3) is 0 Å². The summed E-state index contributed by atoms with van der Waals surface area (Å²) in [5, 5.41) is 0. The van der Waals surface area contributed by atoms with Gasteiger partial charge in [0.05, 0.1) is 17.6 Å². The largest absolute Gasteiger partial charge is 0.335 e.